The number of unbranched alkanes of at least 4 members (excludes halogenated alkanes) is 3. The van der Waals surface area contributed by atoms with Crippen LogP contribution in [0.5, 0.6) is 0 Å². The molecule has 1 aromatic rings. The van der Waals surface area contributed by atoms with E-state index in [9.17, 15) is 13.2 Å². The maximum Gasteiger partial charge on any atom is 0.263 e. The molecule has 0 bridgehead atoms. The molecule has 0 aromatic heterocycles. The molecule has 0 atom stereocenters. The molecule has 0 spiro atoms. The number of fused-ring (bicyclic) bond motifs is 1. The van der Waals surface area contributed by atoms with E-state index in [0.29, 0.717) is 30.4 Å². The second-order valence-corrected chi connectivity index (χ2v) is 9.83. The fourth-order valence-corrected chi connectivity index (χ4v) is 5.25. The number of hydrogen-bond acceptors (Lipinski definition) is 5. The van der Waals surface area contributed by atoms with Crippen molar-refractivity contribution in [2.45, 2.75) is 69.2 Å². The topological polar surface area (TPSA) is 90.9 Å². The van der Waals surface area contributed by atoms with Gasteiger partial charge in [0.1, 0.15) is 5.84 Å². The number of rotatable bonds is 10. The molecule has 1 amide bonds. The number of amides is 1. The third kappa shape index (κ3) is 6.28. The summed E-state index contributed by atoms with van der Waals surface area (Å²) < 4.78 is 26.6. The van der Waals surface area contributed by atoms with Crippen LogP contribution in [0.25, 0.3) is 0 Å². The lowest BCUT2D eigenvalue weighted by molar-refractivity contribution is -0.122. The van der Waals surface area contributed by atoms with Crippen LogP contribution >= 0.6 is 0 Å². The van der Waals surface area contributed by atoms with Crippen LogP contribution in [0.4, 0.5) is 0 Å². The normalized spacial score (nSPS) is 20.1. The molecule has 8 heteroatoms. The third-order valence-electron chi connectivity index (χ3n) is 5.78. The number of benzene rings is 1. The van der Waals surface area contributed by atoms with Crippen molar-refractivity contribution in [1.82, 2.24) is 14.9 Å². The number of amidine groups is 1. The first-order chi connectivity index (χ1) is 14.5. The lowest BCUT2D eigenvalue weighted by Gasteiger charge is -2.32. The standard InChI is InChI=1S/C22H34N4O3S/c1-2-3-15-26-16-12-18(13-17-26)24-21(27)11-5-4-8-14-23-22-19-9-6-7-10-20(19)30(28,29)25-22/h6-7,9-10,18H,2-5,8,11-17H2,1H3,(H,23,25)(H,24,27). The molecule has 2 aliphatic rings. The van der Waals surface area contributed by atoms with Crippen molar-refractivity contribution in [1.29, 1.82) is 0 Å². The Bertz CT molecular complexity index is 846. The Hall–Kier alpha value is -1.93. The van der Waals surface area contributed by atoms with Crippen molar-refractivity contribution in [2.24, 2.45) is 4.99 Å². The smallest absolute Gasteiger partial charge is 0.263 e. The van der Waals surface area contributed by atoms with E-state index < -0.39 is 10.0 Å². The van der Waals surface area contributed by atoms with Gasteiger partial charge in [-0.1, -0.05) is 31.9 Å². The molecule has 0 unspecified atom stereocenters. The summed E-state index contributed by atoms with van der Waals surface area (Å²) in [4.78, 5) is 19.4. The van der Waals surface area contributed by atoms with Gasteiger partial charge in [0.25, 0.3) is 10.0 Å². The van der Waals surface area contributed by atoms with Crippen molar-refractivity contribution >= 4 is 21.8 Å². The lowest BCUT2D eigenvalue weighted by Crippen LogP contribution is -2.44. The van der Waals surface area contributed by atoms with Gasteiger partial charge in [0, 0.05) is 37.7 Å². The van der Waals surface area contributed by atoms with Gasteiger partial charge < -0.3 is 10.2 Å². The molecule has 2 heterocycles. The Kier molecular flexibility index (Phi) is 8.27. The second-order valence-electron chi connectivity index (χ2n) is 8.18. The molecule has 0 aliphatic carbocycles. The molecule has 1 aromatic carbocycles. The molecule has 166 valence electrons. The highest BCUT2D eigenvalue weighted by Crippen LogP contribution is 2.22. The summed E-state index contributed by atoms with van der Waals surface area (Å²) in [6.45, 7) is 6.10. The molecule has 1 fully saturated rings. The average molecular weight is 435 g/mol. The molecule has 3 rings (SSSR count). The van der Waals surface area contributed by atoms with E-state index in [0.717, 1.165) is 45.2 Å². The highest BCUT2D eigenvalue weighted by atomic mass is 32.2. The van der Waals surface area contributed by atoms with Gasteiger partial charge in [0.05, 0.1) is 4.90 Å². The van der Waals surface area contributed by atoms with E-state index in [2.05, 4.69) is 26.9 Å². The van der Waals surface area contributed by atoms with Crippen molar-refractivity contribution in [3.05, 3.63) is 29.8 Å². The molecule has 7 nitrogen and oxygen atoms in total. The van der Waals surface area contributed by atoms with E-state index in [1.807, 2.05) is 6.07 Å². The van der Waals surface area contributed by atoms with Crippen LogP contribution in [0.2, 0.25) is 0 Å². The van der Waals surface area contributed by atoms with E-state index >= 15 is 0 Å². The summed E-state index contributed by atoms with van der Waals surface area (Å²) in [5.41, 5.74) is 0.637. The monoisotopic (exact) mass is 434 g/mol. The van der Waals surface area contributed by atoms with Crippen LogP contribution in [0, 0.1) is 0 Å². The Morgan fingerprint density at radius 3 is 2.70 bits per heavy atom. The molecular formula is C22H34N4O3S. The fourth-order valence-electron chi connectivity index (χ4n) is 4.00. The summed E-state index contributed by atoms with van der Waals surface area (Å²) in [6, 6.07) is 7.20. The van der Waals surface area contributed by atoms with E-state index in [-0.39, 0.29) is 10.8 Å². The summed E-state index contributed by atoms with van der Waals surface area (Å²) in [5.74, 6) is 0.569. The molecule has 2 N–H and O–H groups in total. The average Bonchev–Trinajstić information content (AvgIpc) is 3.00. The predicted octanol–water partition coefficient (Wildman–Crippen LogP) is 2.67. The summed E-state index contributed by atoms with van der Waals surface area (Å²) in [5, 5.41) is 3.18. The van der Waals surface area contributed by atoms with Gasteiger partial charge in [-0.3, -0.25) is 14.5 Å². The minimum absolute atomic E-state index is 0.144. The van der Waals surface area contributed by atoms with Crippen molar-refractivity contribution in [3.8, 4) is 0 Å². The van der Waals surface area contributed by atoms with Crippen LogP contribution in [-0.2, 0) is 14.8 Å². The number of sulfonamides is 1. The zero-order valence-corrected chi connectivity index (χ0v) is 18.7. The van der Waals surface area contributed by atoms with E-state index in [4.69, 9.17) is 0 Å². The quantitative estimate of drug-likeness (QED) is 0.554. The number of likely N-dealkylation sites (tertiary alicyclic amines) is 1. The zero-order valence-electron chi connectivity index (χ0n) is 17.9. The van der Waals surface area contributed by atoms with Gasteiger partial charge in [-0.05, 0) is 50.8 Å². The molecule has 2 aliphatic heterocycles. The minimum atomic E-state index is -3.47. The van der Waals surface area contributed by atoms with Crippen molar-refractivity contribution < 1.29 is 13.2 Å². The van der Waals surface area contributed by atoms with Crippen LogP contribution < -0.4 is 10.0 Å². The Morgan fingerprint density at radius 1 is 1.17 bits per heavy atom. The molecule has 1 saturated heterocycles. The van der Waals surface area contributed by atoms with Crippen LogP contribution in [-0.4, -0.2) is 57.3 Å². The third-order valence-corrected chi connectivity index (χ3v) is 7.17. The number of aliphatic imine (C=N–C) groups is 1. The maximum atomic E-state index is 12.2. The first-order valence-electron chi connectivity index (χ1n) is 11.2. The number of carbonyl (C=O) groups is 1. The highest BCUT2D eigenvalue weighted by molar-refractivity contribution is 7.90. The number of hydrogen-bond donors (Lipinski definition) is 2. The molecule has 30 heavy (non-hydrogen) atoms. The van der Waals surface area contributed by atoms with Gasteiger partial charge in [-0.15, -0.1) is 0 Å². The van der Waals surface area contributed by atoms with E-state index in [1.165, 1.54) is 19.4 Å². The molecule has 0 saturated carbocycles. The summed E-state index contributed by atoms with van der Waals surface area (Å²) in [6.07, 6.45) is 7.67. The highest BCUT2D eigenvalue weighted by Gasteiger charge is 2.29. The van der Waals surface area contributed by atoms with Gasteiger partial charge in [0.15, 0.2) is 0 Å². The second kappa shape index (κ2) is 10.9. The Balaban J connectivity index is 1.30. The van der Waals surface area contributed by atoms with Gasteiger partial charge in [-0.25, -0.2) is 8.42 Å². The maximum absolute atomic E-state index is 12.2. The predicted molar refractivity (Wildman–Crippen MR) is 119 cm³/mol. The Labute approximate surface area is 180 Å². The van der Waals surface area contributed by atoms with Gasteiger partial charge >= 0.3 is 0 Å². The molecular weight excluding hydrogens is 400 g/mol. The number of carbonyl (C=O) groups excluding carboxylic acids is 1. The van der Waals surface area contributed by atoms with Gasteiger partial charge in [0.2, 0.25) is 5.91 Å². The minimum Gasteiger partial charge on any atom is -0.353 e. The fraction of sp³-hybridized carbons (Fsp3) is 0.636. The zero-order chi connectivity index (χ0) is 21.4. The number of nitrogens with one attached hydrogen (secondary N) is 2. The Morgan fingerprint density at radius 2 is 1.93 bits per heavy atom. The SMILES string of the molecule is CCCCN1CCC(NC(=O)CCCCCN=C2NS(=O)(=O)c3ccccc32)CC1. The van der Waals surface area contributed by atoms with Crippen molar-refractivity contribution in [2.75, 3.05) is 26.2 Å². The largest absolute Gasteiger partial charge is 0.353 e. The molecule has 0 radical (unpaired) electrons. The van der Waals surface area contributed by atoms with Crippen LogP contribution in [0.1, 0.15) is 63.9 Å². The van der Waals surface area contributed by atoms with Crippen molar-refractivity contribution in [3.63, 3.8) is 0 Å². The summed E-state index contributed by atoms with van der Waals surface area (Å²) >= 11 is 0. The first kappa shape index (κ1) is 22.7. The van der Waals surface area contributed by atoms with Crippen LogP contribution in [0.15, 0.2) is 34.2 Å². The van der Waals surface area contributed by atoms with E-state index in [1.54, 1.807) is 18.2 Å². The first-order valence-corrected chi connectivity index (χ1v) is 12.7. The number of nitrogens with zero attached hydrogens (tertiary/aromatic N) is 2. The number of piperidine rings is 1. The summed E-state index contributed by atoms with van der Waals surface area (Å²) in [7, 11) is -3.47. The van der Waals surface area contributed by atoms with Gasteiger partial charge in [-0.2, -0.15) is 0 Å². The van der Waals surface area contributed by atoms with Crippen LogP contribution in [0.3, 0.4) is 0 Å². The lowest BCUT2D eigenvalue weighted by atomic mass is 10.0.